The summed E-state index contributed by atoms with van der Waals surface area (Å²) in [5.74, 6) is 0. The topological polar surface area (TPSA) is 127 Å². The van der Waals surface area contributed by atoms with Crippen molar-refractivity contribution in [1.29, 1.82) is 0 Å². The highest BCUT2D eigenvalue weighted by Crippen LogP contribution is 2.46. The Morgan fingerprint density at radius 1 is 0.853 bits per heavy atom. The Bertz CT molecular complexity index is 1530. The van der Waals surface area contributed by atoms with E-state index in [1.807, 2.05) is 36.5 Å². The van der Waals surface area contributed by atoms with Crippen molar-refractivity contribution in [2.45, 2.75) is 37.1 Å². The first-order valence-corrected chi connectivity index (χ1v) is 11.3. The summed E-state index contributed by atoms with van der Waals surface area (Å²) in [6.45, 7) is 0.0652. The maximum atomic E-state index is 10.8. The van der Waals surface area contributed by atoms with Crippen LogP contribution in [0, 0.1) is 0 Å². The Hall–Kier alpha value is -3.27. The van der Waals surface area contributed by atoms with Gasteiger partial charge in [-0.1, -0.05) is 36.4 Å². The second-order valence-corrected chi connectivity index (χ2v) is 9.04. The van der Waals surface area contributed by atoms with Gasteiger partial charge < -0.3 is 25.2 Å². The molecule has 0 bridgehead atoms. The van der Waals surface area contributed by atoms with Gasteiger partial charge in [0.25, 0.3) is 0 Å². The number of aliphatic hydroxyl groups is 4. The molecule has 7 rings (SSSR count). The van der Waals surface area contributed by atoms with Crippen molar-refractivity contribution in [2.75, 3.05) is 6.61 Å². The summed E-state index contributed by atoms with van der Waals surface area (Å²) in [6, 6.07) is 13.6. The van der Waals surface area contributed by atoms with E-state index in [4.69, 9.17) is 14.7 Å². The molecule has 5 atom stereocenters. The lowest BCUT2D eigenvalue weighted by molar-refractivity contribution is -0.231. The first-order valence-electron chi connectivity index (χ1n) is 11.3. The monoisotopic (exact) mass is 455 g/mol. The third kappa shape index (κ3) is 2.51. The highest BCUT2D eigenvalue weighted by molar-refractivity contribution is 6.01. The van der Waals surface area contributed by atoms with E-state index in [2.05, 4.69) is 11.1 Å². The molecule has 1 fully saturated rings. The average Bonchev–Trinajstić information content (AvgIpc) is 3.57. The molecule has 8 heteroatoms. The zero-order valence-corrected chi connectivity index (χ0v) is 18.0. The highest BCUT2D eigenvalue weighted by Gasteiger charge is 2.45. The molecule has 4 heterocycles. The molecule has 4 N–H and O–H groups in total. The van der Waals surface area contributed by atoms with Gasteiger partial charge in [0, 0.05) is 39.6 Å². The Morgan fingerprint density at radius 2 is 1.65 bits per heavy atom. The first-order chi connectivity index (χ1) is 16.6. The van der Waals surface area contributed by atoms with Crippen LogP contribution < -0.4 is 10.7 Å². The van der Waals surface area contributed by atoms with Crippen LogP contribution in [0.3, 0.4) is 0 Å². The van der Waals surface area contributed by atoms with Crippen molar-refractivity contribution >= 4 is 17.6 Å². The Kier molecular flexibility index (Phi) is 4.21. The third-order valence-corrected chi connectivity index (χ3v) is 7.23. The zero-order valence-electron chi connectivity index (χ0n) is 18.0. The number of benzene rings is 3. The van der Waals surface area contributed by atoms with Gasteiger partial charge in [-0.2, -0.15) is 0 Å². The second kappa shape index (κ2) is 7.11. The van der Waals surface area contributed by atoms with E-state index in [-0.39, 0.29) is 0 Å². The van der Waals surface area contributed by atoms with Crippen molar-refractivity contribution in [3.63, 3.8) is 0 Å². The average molecular weight is 455 g/mol. The van der Waals surface area contributed by atoms with Gasteiger partial charge in [-0.15, -0.1) is 0 Å². The van der Waals surface area contributed by atoms with Crippen LogP contribution in [-0.4, -0.2) is 57.7 Å². The van der Waals surface area contributed by atoms with Crippen LogP contribution in [0.25, 0.3) is 22.3 Å². The van der Waals surface area contributed by atoms with E-state index in [0.29, 0.717) is 17.8 Å². The largest absolute Gasteiger partial charge is 0.394 e. The molecule has 0 radical (unpaired) electrons. The summed E-state index contributed by atoms with van der Waals surface area (Å²) in [6.07, 6.45) is -4.29. The molecule has 4 aliphatic heterocycles. The Balaban J connectivity index is 1.47. The normalized spacial score (nSPS) is 27.4. The smallest absolute Gasteiger partial charge is 0.114 e. The maximum Gasteiger partial charge on any atom is 0.114 e. The van der Waals surface area contributed by atoms with Gasteiger partial charge in [-0.05, 0) is 11.6 Å². The molecule has 0 unspecified atom stereocenters. The summed E-state index contributed by atoms with van der Waals surface area (Å²) >= 11 is 0. The van der Waals surface area contributed by atoms with Crippen molar-refractivity contribution in [3.05, 3.63) is 69.9 Å². The lowest BCUT2D eigenvalue weighted by Gasteiger charge is -2.40. The Labute approximate surface area is 193 Å². The van der Waals surface area contributed by atoms with Gasteiger partial charge in [-0.25, -0.2) is 9.98 Å². The number of aliphatic imine (C=N–C) groups is 1. The van der Waals surface area contributed by atoms with Gasteiger partial charge in [0.1, 0.15) is 30.5 Å². The molecule has 0 spiro atoms. The number of nitrogens with zero attached hydrogens (tertiary/aromatic N) is 3. The molecule has 1 saturated heterocycles. The highest BCUT2D eigenvalue weighted by atomic mass is 16.5. The van der Waals surface area contributed by atoms with E-state index in [9.17, 15) is 20.4 Å². The first kappa shape index (κ1) is 20.1. The Morgan fingerprint density at radius 3 is 2.50 bits per heavy atom. The van der Waals surface area contributed by atoms with Crippen molar-refractivity contribution in [1.82, 2.24) is 0 Å². The molecule has 0 amide bonds. The van der Waals surface area contributed by atoms with Crippen LogP contribution >= 0.6 is 0 Å². The molecule has 0 aromatic heterocycles. The van der Waals surface area contributed by atoms with E-state index in [1.54, 1.807) is 6.07 Å². The number of rotatable bonds is 2. The van der Waals surface area contributed by atoms with Crippen molar-refractivity contribution in [3.8, 4) is 22.3 Å². The van der Waals surface area contributed by atoms with Crippen LogP contribution in [0.4, 0.5) is 11.4 Å². The number of fused-ring (bicyclic) bond motifs is 10. The summed E-state index contributed by atoms with van der Waals surface area (Å²) in [5.41, 5.74) is 8.23. The molecule has 0 aliphatic carbocycles. The standard InChI is InChI=1S/C26H21N3O5/c30-10-17-23(31)24(32)25(33)26(34-17)13-6-3-5-12-19-15-9-27-8-14(15)18-11-4-1-2-7-16(11)28-21(18)22(19)29-20(12)13/h1-8,17,23-26,30-33H,9-10H2/t17-,23-,24+,25-,26+/m1/s1. The molecule has 4 aliphatic rings. The minimum atomic E-state index is -1.46. The van der Waals surface area contributed by atoms with E-state index in [0.717, 1.165) is 49.8 Å². The van der Waals surface area contributed by atoms with E-state index >= 15 is 0 Å². The molecule has 3 aromatic rings. The summed E-state index contributed by atoms with van der Waals surface area (Å²) in [7, 11) is 0. The number of para-hydroxylation sites is 2. The number of aliphatic hydroxyl groups excluding tert-OH is 4. The number of hydrogen-bond acceptors (Lipinski definition) is 8. The molecule has 8 nitrogen and oxygen atoms in total. The van der Waals surface area contributed by atoms with Crippen molar-refractivity contribution in [2.24, 2.45) is 15.0 Å². The minimum Gasteiger partial charge on any atom is -0.394 e. The quantitative estimate of drug-likeness (QED) is 0.316. The molecule has 170 valence electrons. The lowest BCUT2D eigenvalue weighted by atomic mass is 9.87. The van der Waals surface area contributed by atoms with Gasteiger partial charge >= 0.3 is 0 Å². The van der Waals surface area contributed by atoms with E-state index < -0.39 is 37.1 Å². The lowest BCUT2D eigenvalue weighted by Crippen LogP contribution is -2.55. The fourth-order valence-electron chi connectivity index (χ4n) is 5.60. The third-order valence-electron chi connectivity index (χ3n) is 7.23. The van der Waals surface area contributed by atoms with Gasteiger partial charge in [0.2, 0.25) is 0 Å². The van der Waals surface area contributed by atoms with Gasteiger partial charge in [0.05, 0.1) is 35.2 Å². The summed E-state index contributed by atoms with van der Waals surface area (Å²) in [5, 5.41) is 42.5. The fraction of sp³-hybridized carbons (Fsp3) is 0.269. The summed E-state index contributed by atoms with van der Waals surface area (Å²) < 4.78 is 5.86. The van der Waals surface area contributed by atoms with E-state index in [1.165, 1.54) is 0 Å². The van der Waals surface area contributed by atoms with Crippen LogP contribution in [0.2, 0.25) is 0 Å². The zero-order chi connectivity index (χ0) is 23.1. The SMILES string of the molecule is OC[C@H]1O[C@@H](c2cccc3c2N=c2c-3c3c(c4c2=Nc2ccccc2-4)C=NC3)[C@H](O)[C@@H](O)[C@@H]1O. The molecule has 3 aromatic carbocycles. The molecular formula is C26H21N3O5. The molecule has 0 saturated carbocycles. The van der Waals surface area contributed by atoms with Gasteiger partial charge in [0.15, 0.2) is 0 Å². The summed E-state index contributed by atoms with van der Waals surface area (Å²) in [4.78, 5) is 14.5. The predicted molar refractivity (Wildman–Crippen MR) is 123 cm³/mol. The second-order valence-electron chi connectivity index (χ2n) is 9.04. The van der Waals surface area contributed by atoms with Gasteiger partial charge in [-0.3, -0.25) is 4.99 Å². The van der Waals surface area contributed by atoms with Crippen LogP contribution in [0.1, 0.15) is 22.8 Å². The van der Waals surface area contributed by atoms with Crippen LogP contribution in [0.15, 0.2) is 57.4 Å². The minimum absolute atomic E-state index is 0.483. The molecule has 34 heavy (non-hydrogen) atoms. The molecular weight excluding hydrogens is 434 g/mol. The van der Waals surface area contributed by atoms with Crippen LogP contribution in [0.5, 0.6) is 0 Å². The number of ether oxygens (including phenoxy) is 1. The predicted octanol–water partition coefficient (Wildman–Crippen LogP) is 0.997. The number of hydrogen-bond donors (Lipinski definition) is 4. The maximum absolute atomic E-state index is 10.8. The van der Waals surface area contributed by atoms with Crippen molar-refractivity contribution < 1.29 is 25.2 Å². The van der Waals surface area contributed by atoms with Crippen LogP contribution in [-0.2, 0) is 11.3 Å². The fourth-order valence-corrected chi connectivity index (χ4v) is 5.60.